The lowest BCUT2D eigenvalue weighted by Crippen LogP contribution is -2.33. The molecule has 0 saturated heterocycles. The third kappa shape index (κ3) is 3.15. The first-order valence-electron chi connectivity index (χ1n) is 5.70. The number of nitrogens with zero attached hydrogens (tertiary/aromatic N) is 1. The highest BCUT2D eigenvalue weighted by Gasteiger charge is 2.32. The summed E-state index contributed by atoms with van der Waals surface area (Å²) in [5.41, 5.74) is 0. The summed E-state index contributed by atoms with van der Waals surface area (Å²) in [5, 5.41) is 10.2. The summed E-state index contributed by atoms with van der Waals surface area (Å²) in [5.74, 6) is 1.59. The number of aromatic carboxylic acids is 1. The Morgan fingerprint density at radius 2 is 2.26 bits per heavy atom. The van der Waals surface area contributed by atoms with Crippen molar-refractivity contribution in [3.63, 3.8) is 0 Å². The van der Waals surface area contributed by atoms with Crippen LogP contribution in [0.3, 0.4) is 0 Å². The molecule has 1 aromatic heterocycles. The summed E-state index contributed by atoms with van der Waals surface area (Å²) < 4.78 is 26.0. The molecular weight excluding hydrogens is 286 g/mol. The number of sulfonamides is 1. The molecule has 1 aliphatic rings. The van der Waals surface area contributed by atoms with Gasteiger partial charge in [-0.15, -0.1) is 17.8 Å². The number of carbonyl (C=O) groups is 1. The van der Waals surface area contributed by atoms with E-state index in [1.165, 1.54) is 15.8 Å². The quantitative estimate of drug-likeness (QED) is 0.807. The second-order valence-electron chi connectivity index (χ2n) is 4.40. The van der Waals surface area contributed by atoms with Crippen molar-refractivity contribution in [2.24, 2.45) is 5.92 Å². The first-order valence-corrected chi connectivity index (χ1v) is 8.02. The monoisotopic (exact) mass is 299 g/mol. The van der Waals surface area contributed by atoms with Gasteiger partial charge >= 0.3 is 5.97 Å². The van der Waals surface area contributed by atoms with Crippen LogP contribution in [0.1, 0.15) is 22.5 Å². The van der Waals surface area contributed by atoms with Crippen LogP contribution in [0.5, 0.6) is 0 Å². The van der Waals surface area contributed by atoms with Crippen LogP contribution in [0.4, 0.5) is 0 Å². The van der Waals surface area contributed by atoms with Crippen LogP contribution in [0, 0.1) is 18.3 Å². The Balaban J connectivity index is 2.26. The molecule has 0 amide bonds. The van der Waals surface area contributed by atoms with E-state index in [2.05, 4.69) is 5.92 Å². The Hall–Kier alpha value is -1.36. The third-order valence-electron chi connectivity index (χ3n) is 2.85. The summed E-state index contributed by atoms with van der Waals surface area (Å²) in [6, 6.07) is 1.18. The topological polar surface area (TPSA) is 74.7 Å². The highest BCUT2D eigenvalue weighted by Crippen LogP contribution is 2.32. The van der Waals surface area contributed by atoms with Gasteiger partial charge in [0.1, 0.15) is 4.88 Å². The highest BCUT2D eigenvalue weighted by molar-refractivity contribution is 7.89. The van der Waals surface area contributed by atoms with Crippen LogP contribution in [0.25, 0.3) is 0 Å². The van der Waals surface area contributed by atoms with Crippen molar-refractivity contribution < 1.29 is 18.3 Å². The molecule has 0 atom stereocenters. The highest BCUT2D eigenvalue weighted by atomic mass is 32.2. The van der Waals surface area contributed by atoms with Crippen LogP contribution in [-0.4, -0.2) is 36.9 Å². The average molecular weight is 299 g/mol. The van der Waals surface area contributed by atoms with Crippen LogP contribution >= 0.6 is 11.3 Å². The van der Waals surface area contributed by atoms with Crippen LogP contribution in [-0.2, 0) is 10.0 Å². The van der Waals surface area contributed by atoms with Gasteiger partial charge in [-0.2, -0.15) is 4.31 Å². The van der Waals surface area contributed by atoms with Crippen LogP contribution in [0.2, 0.25) is 0 Å². The maximum atomic E-state index is 12.4. The number of thiophene rings is 1. The van der Waals surface area contributed by atoms with Crippen molar-refractivity contribution in [3.05, 3.63) is 16.3 Å². The predicted molar refractivity (Wildman–Crippen MR) is 71.6 cm³/mol. The number of hydrogen-bond acceptors (Lipinski definition) is 4. The molecule has 0 aliphatic heterocycles. The van der Waals surface area contributed by atoms with Gasteiger partial charge in [0.2, 0.25) is 10.0 Å². The maximum absolute atomic E-state index is 12.4. The minimum Gasteiger partial charge on any atom is -0.477 e. The third-order valence-corrected chi connectivity index (χ3v) is 5.71. The Kier molecular flexibility index (Phi) is 3.94. The molecule has 2 rings (SSSR count). The molecule has 1 fully saturated rings. The van der Waals surface area contributed by atoms with E-state index in [1.807, 2.05) is 0 Å². The fourth-order valence-corrected chi connectivity index (χ4v) is 4.18. The zero-order chi connectivity index (χ0) is 14.0. The van der Waals surface area contributed by atoms with E-state index in [4.69, 9.17) is 11.5 Å². The number of terminal acetylenes is 1. The summed E-state index contributed by atoms with van der Waals surface area (Å²) in [4.78, 5) is 10.8. The second kappa shape index (κ2) is 5.33. The van der Waals surface area contributed by atoms with Gasteiger partial charge in [-0.1, -0.05) is 5.92 Å². The van der Waals surface area contributed by atoms with Crippen LogP contribution < -0.4 is 0 Å². The van der Waals surface area contributed by atoms with Crippen molar-refractivity contribution in [2.75, 3.05) is 13.1 Å². The minimum atomic E-state index is -3.69. The van der Waals surface area contributed by atoms with Crippen molar-refractivity contribution in [3.8, 4) is 12.3 Å². The largest absolute Gasteiger partial charge is 0.477 e. The molecule has 102 valence electrons. The lowest BCUT2D eigenvalue weighted by atomic mass is 10.4. The van der Waals surface area contributed by atoms with Gasteiger partial charge in [0, 0.05) is 11.9 Å². The standard InChI is InChI=1S/C12H13NO4S2/c1-2-5-13(7-9-3-4-9)19(16,17)10-6-11(12(14)15)18-8-10/h1,6,8-9H,3-5,7H2,(H,14,15). The van der Waals surface area contributed by atoms with E-state index in [0.29, 0.717) is 12.5 Å². The molecular formula is C12H13NO4S2. The molecule has 1 N–H and O–H groups in total. The minimum absolute atomic E-state index is 0.00524. The molecule has 1 saturated carbocycles. The van der Waals surface area contributed by atoms with E-state index in [0.717, 1.165) is 24.2 Å². The molecule has 0 radical (unpaired) electrons. The average Bonchev–Trinajstić information content (AvgIpc) is 3.01. The molecule has 1 aliphatic carbocycles. The first-order chi connectivity index (χ1) is 8.95. The van der Waals surface area contributed by atoms with E-state index >= 15 is 0 Å². The van der Waals surface area contributed by atoms with E-state index in [-0.39, 0.29) is 16.3 Å². The van der Waals surface area contributed by atoms with E-state index in [9.17, 15) is 13.2 Å². The van der Waals surface area contributed by atoms with Crippen molar-refractivity contribution >= 4 is 27.3 Å². The Morgan fingerprint density at radius 1 is 1.58 bits per heavy atom. The molecule has 0 bridgehead atoms. The molecule has 0 unspecified atom stereocenters. The van der Waals surface area contributed by atoms with E-state index < -0.39 is 16.0 Å². The second-order valence-corrected chi connectivity index (χ2v) is 7.25. The van der Waals surface area contributed by atoms with Gasteiger partial charge in [0.05, 0.1) is 11.4 Å². The number of carboxylic acid groups (broad SMARTS) is 1. The van der Waals surface area contributed by atoms with Gasteiger partial charge < -0.3 is 5.11 Å². The maximum Gasteiger partial charge on any atom is 0.345 e. The summed E-state index contributed by atoms with van der Waals surface area (Å²) in [6.07, 6.45) is 7.24. The Bertz CT molecular complexity index is 622. The normalized spacial score (nSPS) is 15.4. The Morgan fingerprint density at radius 3 is 2.74 bits per heavy atom. The van der Waals surface area contributed by atoms with Crippen LogP contribution in [0.15, 0.2) is 16.3 Å². The van der Waals surface area contributed by atoms with Gasteiger partial charge in [-0.25, -0.2) is 13.2 Å². The first kappa shape index (κ1) is 14.1. The summed E-state index contributed by atoms with van der Waals surface area (Å²) in [7, 11) is -3.69. The van der Waals surface area contributed by atoms with E-state index in [1.54, 1.807) is 0 Å². The van der Waals surface area contributed by atoms with Crippen molar-refractivity contribution in [1.82, 2.24) is 4.31 Å². The van der Waals surface area contributed by atoms with Gasteiger partial charge in [-0.3, -0.25) is 0 Å². The molecule has 0 spiro atoms. The predicted octanol–water partition coefficient (Wildman–Crippen LogP) is 1.48. The molecule has 1 aromatic rings. The summed E-state index contributed by atoms with van der Waals surface area (Å²) in [6.45, 7) is 0.419. The molecule has 1 heterocycles. The lowest BCUT2D eigenvalue weighted by molar-refractivity contribution is 0.0702. The smallest absolute Gasteiger partial charge is 0.345 e. The molecule has 19 heavy (non-hydrogen) atoms. The molecule has 0 aromatic carbocycles. The number of rotatable bonds is 6. The van der Waals surface area contributed by atoms with Crippen molar-refractivity contribution in [1.29, 1.82) is 0 Å². The van der Waals surface area contributed by atoms with Gasteiger partial charge in [-0.05, 0) is 24.8 Å². The van der Waals surface area contributed by atoms with Gasteiger partial charge in [0.15, 0.2) is 0 Å². The SMILES string of the molecule is C#CCN(CC1CC1)S(=O)(=O)c1csc(C(=O)O)c1. The Labute approximate surface area is 115 Å². The fraction of sp³-hybridized carbons (Fsp3) is 0.417. The molecule has 7 heteroatoms. The lowest BCUT2D eigenvalue weighted by Gasteiger charge is -2.18. The molecule has 5 nitrogen and oxygen atoms in total. The zero-order valence-electron chi connectivity index (χ0n) is 10.1. The summed E-state index contributed by atoms with van der Waals surface area (Å²) >= 11 is 0.897. The fourth-order valence-electron chi connectivity index (χ4n) is 1.65. The number of carboxylic acids is 1. The van der Waals surface area contributed by atoms with Gasteiger partial charge in [0.25, 0.3) is 0 Å². The zero-order valence-corrected chi connectivity index (χ0v) is 11.7. The number of hydrogen-bond donors (Lipinski definition) is 1. The van der Waals surface area contributed by atoms with Crippen molar-refractivity contribution in [2.45, 2.75) is 17.7 Å².